The van der Waals surface area contributed by atoms with Gasteiger partial charge in [-0.05, 0) is 33.8 Å². The van der Waals surface area contributed by atoms with Crippen LogP contribution in [-0.4, -0.2) is 28.5 Å². The number of pyridine rings is 1. The normalized spacial score (nSPS) is 11.1. The summed E-state index contributed by atoms with van der Waals surface area (Å²) < 4.78 is 7.15. The van der Waals surface area contributed by atoms with Crippen molar-refractivity contribution in [2.45, 2.75) is 33.8 Å². The Bertz CT molecular complexity index is 629. The summed E-state index contributed by atoms with van der Waals surface area (Å²) in [6, 6.07) is 1.77. The molecule has 0 spiro atoms. The van der Waals surface area contributed by atoms with E-state index in [4.69, 9.17) is 4.74 Å². The average Bonchev–Trinajstić information content (AvgIpc) is 2.64. The molecule has 5 nitrogen and oxygen atoms in total. The number of hydrogen-bond acceptors (Lipinski definition) is 4. The predicted molar refractivity (Wildman–Crippen MR) is 74.8 cm³/mol. The lowest BCUT2D eigenvalue weighted by atomic mass is 10.2. The van der Waals surface area contributed by atoms with Crippen molar-refractivity contribution >= 4 is 17.3 Å². The number of hydrogen-bond donors (Lipinski definition) is 1. The summed E-state index contributed by atoms with van der Waals surface area (Å²) >= 11 is 0. The van der Waals surface area contributed by atoms with E-state index in [1.54, 1.807) is 12.3 Å². The minimum absolute atomic E-state index is 0.133. The number of aromatic nitrogens is 2. The monoisotopic (exact) mass is 261 g/mol. The lowest BCUT2D eigenvalue weighted by molar-refractivity contribution is 0.0377. The van der Waals surface area contributed by atoms with Gasteiger partial charge in [0, 0.05) is 18.9 Å². The Labute approximate surface area is 112 Å². The summed E-state index contributed by atoms with van der Waals surface area (Å²) in [4.78, 5) is 16.5. The highest BCUT2D eigenvalue weighted by Crippen LogP contribution is 2.22. The van der Waals surface area contributed by atoms with E-state index in [0.717, 1.165) is 22.7 Å². The van der Waals surface area contributed by atoms with Gasteiger partial charge in [-0.3, -0.25) is 0 Å². The molecule has 102 valence electrons. The second kappa shape index (κ2) is 4.91. The summed E-state index contributed by atoms with van der Waals surface area (Å²) in [6.45, 7) is 7.60. The lowest BCUT2D eigenvalue weighted by Crippen LogP contribution is -2.13. The first-order valence-electron chi connectivity index (χ1n) is 6.32. The Hall–Kier alpha value is -2.04. The van der Waals surface area contributed by atoms with Gasteiger partial charge in [0.2, 0.25) is 0 Å². The minimum atomic E-state index is -0.320. The van der Waals surface area contributed by atoms with Crippen LogP contribution in [0.4, 0.5) is 5.69 Å². The lowest BCUT2D eigenvalue weighted by Gasteiger charge is -2.10. The second-order valence-corrected chi connectivity index (χ2v) is 4.82. The van der Waals surface area contributed by atoms with E-state index >= 15 is 0 Å². The Morgan fingerprint density at radius 1 is 1.42 bits per heavy atom. The fraction of sp³-hybridized carbons (Fsp3) is 0.429. The fourth-order valence-electron chi connectivity index (χ4n) is 1.95. The van der Waals surface area contributed by atoms with Crippen LogP contribution < -0.4 is 5.32 Å². The van der Waals surface area contributed by atoms with Crippen molar-refractivity contribution in [3.05, 3.63) is 29.2 Å². The molecule has 0 bridgehead atoms. The van der Waals surface area contributed by atoms with E-state index in [1.165, 1.54) is 0 Å². The van der Waals surface area contributed by atoms with Crippen LogP contribution in [-0.2, 0) is 4.74 Å². The van der Waals surface area contributed by atoms with Crippen LogP contribution in [0.1, 0.15) is 35.6 Å². The molecule has 0 aromatic carbocycles. The van der Waals surface area contributed by atoms with Gasteiger partial charge < -0.3 is 14.5 Å². The molecule has 0 amide bonds. The van der Waals surface area contributed by atoms with Crippen molar-refractivity contribution in [1.29, 1.82) is 0 Å². The molecular formula is C14H19N3O2. The molecule has 0 aliphatic carbocycles. The number of ether oxygens (including phenoxy) is 1. The molecule has 0 aliphatic heterocycles. The summed E-state index contributed by atoms with van der Waals surface area (Å²) in [5.41, 5.74) is 4.12. The van der Waals surface area contributed by atoms with Gasteiger partial charge in [-0.25, -0.2) is 9.78 Å². The zero-order chi connectivity index (χ0) is 14.2. The molecule has 0 atom stereocenters. The highest BCUT2D eigenvalue weighted by atomic mass is 16.5. The predicted octanol–water partition coefficient (Wildman–Crippen LogP) is 2.56. The van der Waals surface area contributed by atoms with Gasteiger partial charge in [0.25, 0.3) is 0 Å². The largest absolute Gasteiger partial charge is 0.459 e. The van der Waals surface area contributed by atoms with Crippen LogP contribution in [0.5, 0.6) is 0 Å². The van der Waals surface area contributed by atoms with E-state index in [2.05, 4.69) is 10.3 Å². The molecule has 0 radical (unpaired) electrons. The molecule has 2 aromatic rings. The SMILES string of the molecule is CNc1cc(C(=O)OC(C)C)cn2c(C)c(C)nc12. The number of nitrogens with zero attached hydrogens (tertiary/aromatic N) is 2. The molecule has 2 heterocycles. The average molecular weight is 261 g/mol. The molecule has 0 aliphatic rings. The Balaban J connectivity index is 2.58. The van der Waals surface area contributed by atoms with Crippen molar-refractivity contribution in [2.75, 3.05) is 12.4 Å². The third-order valence-corrected chi connectivity index (χ3v) is 3.04. The van der Waals surface area contributed by atoms with Crippen molar-refractivity contribution in [3.8, 4) is 0 Å². The van der Waals surface area contributed by atoms with Gasteiger partial charge in [0.05, 0.1) is 23.0 Å². The summed E-state index contributed by atoms with van der Waals surface area (Å²) in [5.74, 6) is -0.320. The van der Waals surface area contributed by atoms with Gasteiger partial charge >= 0.3 is 5.97 Å². The van der Waals surface area contributed by atoms with Gasteiger partial charge in [0.15, 0.2) is 5.65 Å². The molecule has 2 aromatic heterocycles. The molecule has 5 heteroatoms. The van der Waals surface area contributed by atoms with E-state index < -0.39 is 0 Å². The van der Waals surface area contributed by atoms with Gasteiger partial charge in [0.1, 0.15) is 0 Å². The number of esters is 1. The van der Waals surface area contributed by atoms with Crippen molar-refractivity contribution < 1.29 is 9.53 Å². The van der Waals surface area contributed by atoms with Crippen LogP contribution in [0.3, 0.4) is 0 Å². The third kappa shape index (κ3) is 2.41. The maximum absolute atomic E-state index is 12.0. The van der Waals surface area contributed by atoms with E-state index in [0.29, 0.717) is 5.56 Å². The fourth-order valence-corrected chi connectivity index (χ4v) is 1.95. The van der Waals surface area contributed by atoms with Crippen LogP contribution in [0.15, 0.2) is 12.3 Å². The number of fused-ring (bicyclic) bond motifs is 1. The standard InChI is InChI=1S/C14H19N3O2/c1-8(2)19-14(18)11-6-12(15-5)13-16-9(3)10(4)17(13)7-11/h6-8,15H,1-5H3. The number of carbonyl (C=O) groups excluding carboxylic acids is 1. The van der Waals surface area contributed by atoms with E-state index in [-0.39, 0.29) is 12.1 Å². The van der Waals surface area contributed by atoms with Crippen LogP contribution >= 0.6 is 0 Å². The molecule has 0 saturated carbocycles. The minimum Gasteiger partial charge on any atom is -0.459 e. The van der Waals surface area contributed by atoms with Crippen molar-refractivity contribution in [2.24, 2.45) is 0 Å². The molecule has 0 unspecified atom stereocenters. The second-order valence-electron chi connectivity index (χ2n) is 4.82. The molecule has 2 rings (SSSR count). The molecular weight excluding hydrogens is 242 g/mol. The van der Waals surface area contributed by atoms with Gasteiger partial charge in [-0.1, -0.05) is 0 Å². The number of anilines is 1. The molecule has 0 fully saturated rings. The molecule has 1 N–H and O–H groups in total. The Kier molecular flexibility index (Phi) is 3.46. The maximum atomic E-state index is 12.0. The number of imidazole rings is 1. The van der Waals surface area contributed by atoms with E-state index in [1.807, 2.05) is 39.1 Å². The summed E-state index contributed by atoms with van der Waals surface area (Å²) in [5, 5.41) is 3.07. The van der Waals surface area contributed by atoms with Gasteiger partial charge in [-0.2, -0.15) is 0 Å². The van der Waals surface area contributed by atoms with Crippen LogP contribution in [0.25, 0.3) is 5.65 Å². The Morgan fingerprint density at radius 2 is 2.11 bits per heavy atom. The quantitative estimate of drug-likeness (QED) is 0.863. The van der Waals surface area contributed by atoms with Crippen molar-refractivity contribution in [3.63, 3.8) is 0 Å². The number of carbonyl (C=O) groups is 1. The van der Waals surface area contributed by atoms with Crippen LogP contribution in [0, 0.1) is 13.8 Å². The highest BCUT2D eigenvalue weighted by Gasteiger charge is 2.15. The topological polar surface area (TPSA) is 55.6 Å². The number of rotatable bonds is 3. The first-order valence-corrected chi connectivity index (χ1v) is 6.32. The number of nitrogens with one attached hydrogen (secondary N) is 1. The van der Waals surface area contributed by atoms with Crippen molar-refractivity contribution in [1.82, 2.24) is 9.38 Å². The first-order chi connectivity index (χ1) is 8.93. The first kappa shape index (κ1) is 13.4. The maximum Gasteiger partial charge on any atom is 0.339 e. The molecule has 0 saturated heterocycles. The Morgan fingerprint density at radius 3 is 2.68 bits per heavy atom. The summed E-state index contributed by atoms with van der Waals surface area (Å²) in [6.07, 6.45) is 1.64. The number of aryl methyl sites for hydroxylation is 2. The highest BCUT2D eigenvalue weighted by molar-refractivity contribution is 5.92. The zero-order valence-corrected chi connectivity index (χ0v) is 11.9. The zero-order valence-electron chi connectivity index (χ0n) is 11.9. The smallest absolute Gasteiger partial charge is 0.339 e. The van der Waals surface area contributed by atoms with Gasteiger partial charge in [-0.15, -0.1) is 0 Å². The third-order valence-electron chi connectivity index (χ3n) is 3.04. The van der Waals surface area contributed by atoms with E-state index in [9.17, 15) is 4.79 Å². The van der Waals surface area contributed by atoms with Crippen LogP contribution in [0.2, 0.25) is 0 Å². The molecule has 19 heavy (non-hydrogen) atoms. The summed E-state index contributed by atoms with van der Waals surface area (Å²) in [7, 11) is 1.81.